The Balaban J connectivity index is 1.68. The fourth-order valence-electron chi connectivity index (χ4n) is 5.14. The van der Waals surface area contributed by atoms with E-state index in [1.807, 2.05) is 66.2 Å². The average Bonchev–Trinajstić information content (AvgIpc) is 3.29. The van der Waals surface area contributed by atoms with Gasteiger partial charge >= 0.3 is 0 Å². The van der Waals surface area contributed by atoms with Gasteiger partial charge in [0.25, 0.3) is 11.8 Å². The Hall–Kier alpha value is -3.65. The van der Waals surface area contributed by atoms with Gasteiger partial charge in [0.05, 0.1) is 29.5 Å². The molecule has 0 aliphatic carbocycles. The monoisotopic (exact) mass is 532 g/mol. The third kappa shape index (κ3) is 7.47. The van der Waals surface area contributed by atoms with Crippen LogP contribution in [0.5, 0.6) is 5.75 Å². The van der Waals surface area contributed by atoms with E-state index in [4.69, 9.17) is 9.47 Å². The first kappa shape index (κ1) is 28.4. The van der Waals surface area contributed by atoms with E-state index < -0.39 is 0 Å². The van der Waals surface area contributed by atoms with Crippen LogP contribution in [-0.2, 0) is 18.2 Å². The molecule has 0 spiro atoms. The zero-order chi connectivity index (χ0) is 27.6. The summed E-state index contributed by atoms with van der Waals surface area (Å²) in [5, 5.41) is 4.41. The summed E-state index contributed by atoms with van der Waals surface area (Å²) >= 11 is 0. The van der Waals surface area contributed by atoms with Gasteiger partial charge in [-0.3, -0.25) is 14.3 Å². The number of amides is 2. The number of benzene rings is 2. The van der Waals surface area contributed by atoms with Crippen LogP contribution in [0.3, 0.4) is 0 Å². The number of nitrogens with zero attached hydrogens (tertiary/aromatic N) is 4. The van der Waals surface area contributed by atoms with Crippen LogP contribution in [0.4, 0.5) is 0 Å². The Morgan fingerprint density at radius 2 is 1.74 bits per heavy atom. The Morgan fingerprint density at radius 1 is 1.03 bits per heavy atom. The molecule has 2 heterocycles. The molecule has 0 fully saturated rings. The van der Waals surface area contributed by atoms with Gasteiger partial charge in [-0.05, 0) is 43.9 Å². The summed E-state index contributed by atoms with van der Waals surface area (Å²) in [6, 6.07) is 17.3. The predicted molar refractivity (Wildman–Crippen MR) is 151 cm³/mol. The molecule has 0 radical (unpaired) electrons. The molecule has 2 aromatic carbocycles. The number of rotatable bonds is 6. The summed E-state index contributed by atoms with van der Waals surface area (Å²) in [6.07, 6.45) is 6.15. The van der Waals surface area contributed by atoms with Crippen molar-refractivity contribution < 1.29 is 19.1 Å². The van der Waals surface area contributed by atoms with Gasteiger partial charge in [0.2, 0.25) is 0 Å². The highest BCUT2D eigenvalue weighted by Gasteiger charge is 2.29. The molecule has 208 valence electrons. The van der Waals surface area contributed by atoms with Gasteiger partial charge in [0, 0.05) is 40.0 Å². The number of fused-ring (bicyclic) bond motifs is 1. The van der Waals surface area contributed by atoms with E-state index in [-0.39, 0.29) is 24.5 Å². The predicted octanol–water partition coefficient (Wildman–Crippen LogP) is 4.52. The van der Waals surface area contributed by atoms with Crippen molar-refractivity contribution in [2.45, 2.75) is 45.1 Å². The number of hydrogen-bond acceptors (Lipinski definition) is 5. The zero-order valence-electron chi connectivity index (χ0n) is 23.3. The minimum absolute atomic E-state index is 0.0349. The van der Waals surface area contributed by atoms with Gasteiger partial charge < -0.3 is 19.3 Å². The second kappa shape index (κ2) is 13.9. The normalized spacial score (nSPS) is 17.3. The third-order valence-corrected chi connectivity index (χ3v) is 7.24. The topological polar surface area (TPSA) is 76.9 Å². The lowest BCUT2D eigenvalue weighted by Gasteiger charge is -2.33. The summed E-state index contributed by atoms with van der Waals surface area (Å²) in [7, 11) is 3.49. The van der Waals surface area contributed by atoms with Crippen LogP contribution in [0.2, 0.25) is 0 Å². The molecule has 8 nitrogen and oxygen atoms in total. The fraction of sp³-hybridized carbons (Fsp3) is 0.452. The molecule has 1 atom stereocenters. The van der Waals surface area contributed by atoms with Gasteiger partial charge in [-0.15, -0.1) is 0 Å². The second-order valence-corrected chi connectivity index (χ2v) is 10.2. The SMILES string of the molecule is COCCN1CCCCCCN(C(=O)c2cn(C)nc2C)[C@@H](Cc2ccccc2)COc2ccccc2C1=O. The van der Waals surface area contributed by atoms with E-state index in [1.165, 1.54) is 0 Å². The summed E-state index contributed by atoms with van der Waals surface area (Å²) < 4.78 is 13.4. The number of para-hydroxylation sites is 1. The number of carbonyl (C=O) groups excluding carboxylic acids is 2. The molecule has 0 saturated heterocycles. The van der Waals surface area contributed by atoms with Crippen molar-refractivity contribution in [2.75, 3.05) is 40.0 Å². The number of aryl methyl sites for hydroxylation is 2. The molecule has 0 unspecified atom stereocenters. The Morgan fingerprint density at radius 3 is 2.46 bits per heavy atom. The van der Waals surface area contributed by atoms with Crippen LogP contribution in [0.15, 0.2) is 60.8 Å². The van der Waals surface area contributed by atoms with Gasteiger partial charge in [-0.1, -0.05) is 55.3 Å². The maximum atomic E-state index is 14.0. The zero-order valence-corrected chi connectivity index (χ0v) is 23.3. The first-order valence-corrected chi connectivity index (χ1v) is 13.8. The third-order valence-electron chi connectivity index (χ3n) is 7.24. The molecule has 1 aliphatic rings. The van der Waals surface area contributed by atoms with Crippen molar-refractivity contribution in [1.82, 2.24) is 19.6 Å². The van der Waals surface area contributed by atoms with E-state index in [0.29, 0.717) is 55.2 Å². The average molecular weight is 533 g/mol. The highest BCUT2D eigenvalue weighted by atomic mass is 16.5. The largest absolute Gasteiger partial charge is 0.491 e. The van der Waals surface area contributed by atoms with Gasteiger partial charge in [0.1, 0.15) is 12.4 Å². The molecule has 0 saturated carbocycles. The van der Waals surface area contributed by atoms with Crippen molar-refractivity contribution in [3.8, 4) is 5.75 Å². The summed E-state index contributed by atoms with van der Waals surface area (Å²) in [5.74, 6) is 0.440. The second-order valence-electron chi connectivity index (χ2n) is 10.2. The van der Waals surface area contributed by atoms with Crippen LogP contribution < -0.4 is 4.74 Å². The first-order chi connectivity index (χ1) is 19.0. The Labute approximate surface area is 231 Å². The molecule has 4 rings (SSSR count). The molecule has 1 aliphatic heterocycles. The van der Waals surface area contributed by atoms with Crippen molar-refractivity contribution in [3.63, 3.8) is 0 Å². The van der Waals surface area contributed by atoms with E-state index in [1.54, 1.807) is 18.0 Å². The molecular formula is C31H40N4O4. The van der Waals surface area contributed by atoms with Gasteiger partial charge in [0.15, 0.2) is 0 Å². The van der Waals surface area contributed by atoms with Crippen molar-refractivity contribution in [1.29, 1.82) is 0 Å². The lowest BCUT2D eigenvalue weighted by molar-refractivity contribution is 0.0591. The maximum Gasteiger partial charge on any atom is 0.257 e. The lowest BCUT2D eigenvalue weighted by Crippen LogP contribution is -2.46. The maximum absolute atomic E-state index is 14.0. The lowest BCUT2D eigenvalue weighted by atomic mass is 10.0. The van der Waals surface area contributed by atoms with Crippen LogP contribution in [0.1, 0.15) is 57.7 Å². The van der Waals surface area contributed by atoms with Crippen LogP contribution in [0.25, 0.3) is 0 Å². The van der Waals surface area contributed by atoms with Crippen LogP contribution in [0, 0.1) is 6.92 Å². The summed E-state index contributed by atoms with van der Waals surface area (Å²) in [5.41, 5.74) is 2.99. The molecule has 0 N–H and O–H groups in total. The molecule has 1 aromatic heterocycles. The molecular weight excluding hydrogens is 492 g/mol. The quantitative estimate of drug-likeness (QED) is 0.467. The van der Waals surface area contributed by atoms with E-state index in [0.717, 1.165) is 31.2 Å². The fourth-order valence-corrected chi connectivity index (χ4v) is 5.14. The van der Waals surface area contributed by atoms with E-state index in [2.05, 4.69) is 17.2 Å². The van der Waals surface area contributed by atoms with Crippen molar-refractivity contribution in [3.05, 3.63) is 83.2 Å². The van der Waals surface area contributed by atoms with E-state index in [9.17, 15) is 9.59 Å². The number of hydrogen-bond donors (Lipinski definition) is 0. The smallest absolute Gasteiger partial charge is 0.257 e. The molecule has 3 aromatic rings. The molecule has 8 heteroatoms. The highest BCUT2D eigenvalue weighted by molar-refractivity contribution is 5.97. The minimum Gasteiger partial charge on any atom is -0.491 e. The van der Waals surface area contributed by atoms with Gasteiger partial charge in [-0.25, -0.2) is 0 Å². The first-order valence-electron chi connectivity index (χ1n) is 13.8. The number of aromatic nitrogens is 2. The number of methoxy groups -OCH3 is 1. The van der Waals surface area contributed by atoms with Crippen molar-refractivity contribution >= 4 is 11.8 Å². The highest BCUT2D eigenvalue weighted by Crippen LogP contribution is 2.24. The van der Waals surface area contributed by atoms with Crippen LogP contribution in [-0.4, -0.2) is 77.4 Å². The van der Waals surface area contributed by atoms with Gasteiger partial charge in [-0.2, -0.15) is 5.10 Å². The Bertz CT molecular complexity index is 1230. The van der Waals surface area contributed by atoms with Crippen LogP contribution >= 0.6 is 0 Å². The number of carbonyl (C=O) groups is 2. The Kier molecular flexibility index (Phi) is 10.1. The van der Waals surface area contributed by atoms with Crippen molar-refractivity contribution in [2.24, 2.45) is 7.05 Å². The summed E-state index contributed by atoms with van der Waals surface area (Å²) in [4.78, 5) is 31.4. The minimum atomic E-state index is -0.227. The molecule has 2 amide bonds. The molecule has 39 heavy (non-hydrogen) atoms. The van der Waals surface area contributed by atoms with E-state index >= 15 is 0 Å². The summed E-state index contributed by atoms with van der Waals surface area (Å²) in [6.45, 7) is 4.44. The standard InChI is InChI=1S/C31H40N4O4/c1-24-28(22-33(2)32-24)31(37)35-18-12-5-4-11-17-34(19-20-38-3)30(36)27-15-9-10-16-29(27)39-23-26(35)21-25-13-7-6-8-14-25/h6-10,13-16,22,26H,4-5,11-12,17-21,23H2,1-3H3/t26-/m0/s1. The number of ether oxygens (including phenoxy) is 2. The molecule has 0 bridgehead atoms.